The number of nitrogens with zero attached hydrogens (tertiary/aromatic N) is 1. The molecule has 0 spiro atoms. The zero-order valence-corrected chi connectivity index (χ0v) is 17.2. The van der Waals surface area contributed by atoms with Crippen LogP contribution in [0.5, 0.6) is 0 Å². The highest BCUT2D eigenvalue weighted by Gasteiger charge is 2.14. The number of rotatable bonds is 4. The third-order valence-electron chi connectivity index (χ3n) is 4.71. The summed E-state index contributed by atoms with van der Waals surface area (Å²) in [5, 5.41) is 3.09. The zero-order chi connectivity index (χ0) is 20.5. The summed E-state index contributed by atoms with van der Waals surface area (Å²) < 4.78 is 1.52. The summed E-state index contributed by atoms with van der Waals surface area (Å²) in [6.07, 6.45) is 3.60. The Morgan fingerprint density at radius 3 is 2.32 bits per heavy atom. The molecular weight excluding hydrogens is 374 g/mol. The van der Waals surface area contributed by atoms with E-state index in [4.69, 9.17) is 11.6 Å². The Bertz CT molecular complexity index is 1130. The van der Waals surface area contributed by atoms with E-state index in [0.717, 1.165) is 11.1 Å². The summed E-state index contributed by atoms with van der Waals surface area (Å²) in [5.41, 5.74) is 3.93. The predicted octanol–water partition coefficient (Wildman–Crippen LogP) is 4.26. The largest absolute Gasteiger partial charge is 0.321 e. The van der Waals surface area contributed by atoms with Gasteiger partial charge in [0, 0.05) is 23.0 Å². The lowest BCUT2D eigenvalue weighted by molar-refractivity contribution is 0.590. The van der Waals surface area contributed by atoms with Crippen LogP contribution >= 0.6 is 11.6 Å². The molecule has 0 fully saturated rings. The number of aromatic amines is 2. The number of H-pyrrole nitrogens is 2. The number of nitrogens with one attached hydrogen (secondary N) is 2. The Kier molecular flexibility index (Phi) is 5.47. The molecule has 2 aromatic heterocycles. The van der Waals surface area contributed by atoms with Crippen LogP contribution in [-0.2, 0) is 12.0 Å². The first-order chi connectivity index (χ1) is 13.2. The van der Waals surface area contributed by atoms with Crippen LogP contribution in [0.15, 0.2) is 58.3 Å². The average Bonchev–Trinajstić information content (AvgIpc) is 2.96. The van der Waals surface area contributed by atoms with E-state index in [-0.39, 0.29) is 21.6 Å². The monoisotopic (exact) mass is 397 g/mol. The van der Waals surface area contributed by atoms with E-state index in [9.17, 15) is 9.59 Å². The quantitative estimate of drug-likeness (QED) is 0.690. The Balaban J connectivity index is 2.07. The first-order valence-corrected chi connectivity index (χ1v) is 9.49. The second-order valence-corrected chi connectivity index (χ2v) is 8.27. The SMILES string of the molecule is Cc1c[nH]n(C/C=C(\c2ccc(C(C)(C)C)cc2)c2ccc(Cl)c(=O)[nH]2)c1=O. The van der Waals surface area contributed by atoms with E-state index in [2.05, 4.69) is 43.0 Å². The van der Waals surface area contributed by atoms with E-state index in [1.807, 2.05) is 18.2 Å². The van der Waals surface area contributed by atoms with Gasteiger partial charge in [-0.25, -0.2) is 4.68 Å². The van der Waals surface area contributed by atoms with Gasteiger partial charge in [0.2, 0.25) is 0 Å². The summed E-state index contributed by atoms with van der Waals surface area (Å²) in [7, 11) is 0. The smallest absolute Gasteiger partial charge is 0.269 e. The molecule has 0 aliphatic carbocycles. The lowest BCUT2D eigenvalue weighted by Gasteiger charge is -2.19. The third kappa shape index (κ3) is 4.20. The van der Waals surface area contributed by atoms with E-state index in [0.29, 0.717) is 17.8 Å². The summed E-state index contributed by atoms with van der Waals surface area (Å²) in [6.45, 7) is 8.61. The van der Waals surface area contributed by atoms with Crippen molar-refractivity contribution in [2.45, 2.75) is 39.7 Å². The van der Waals surface area contributed by atoms with E-state index in [1.165, 1.54) is 10.2 Å². The highest BCUT2D eigenvalue weighted by molar-refractivity contribution is 6.30. The Hall–Kier alpha value is -2.79. The molecule has 0 amide bonds. The van der Waals surface area contributed by atoms with Gasteiger partial charge in [-0.2, -0.15) is 0 Å². The van der Waals surface area contributed by atoms with Crippen molar-refractivity contribution >= 4 is 17.2 Å². The van der Waals surface area contributed by atoms with E-state index >= 15 is 0 Å². The molecule has 3 aromatic rings. The molecule has 0 aliphatic rings. The first-order valence-electron chi connectivity index (χ1n) is 9.12. The van der Waals surface area contributed by atoms with Gasteiger partial charge in [0.25, 0.3) is 11.1 Å². The molecule has 0 bridgehead atoms. The van der Waals surface area contributed by atoms with Crippen LogP contribution < -0.4 is 11.1 Å². The van der Waals surface area contributed by atoms with Gasteiger partial charge in [0.15, 0.2) is 0 Å². The number of allylic oxidation sites excluding steroid dienone is 1. The molecule has 0 unspecified atom stereocenters. The molecule has 146 valence electrons. The van der Waals surface area contributed by atoms with Crippen molar-refractivity contribution in [1.82, 2.24) is 14.8 Å². The van der Waals surface area contributed by atoms with Gasteiger partial charge in [-0.3, -0.25) is 9.59 Å². The fraction of sp³-hybridized carbons (Fsp3) is 0.273. The van der Waals surface area contributed by atoms with Crippen LogP contribution in [0.4, 0.5) is 0 Å². The molecule has 0 saturated heterocycles. The van der Waals surface area contributed by atoms with Gasteiger partial charge < -0.3 is 10.1 Å². The van der Waals surface area contributed by atoms with E-state index in [1.54, 1.807) is 25.3 Å². The minimum atomic E-state index is -0.343. The molecule has 0 radical (unpaired) electrons. The van der Waals surface area contributed by atoms with Crippen molar-refractivity contribution in [3.63, 3.8) is 0 Å². The molecule has 0 saturated carbocycles. The molecular formula is C22H24ClN3O2. The molecule has 1 aromatic carbocycles. The zero-order valence-electron chi connectivity index (χ0n) is 16.5. The van der Waals surface area contributed by atoms with Crippen LogP contribution in [0.2, 0.25) is 5.02 Å². The first kappa shape index (κ1) is 20.0. The maximum atomic E-state index is 12.1. The number of benzene rings is 1. The van der Waals surface area contributed by atoms with Crippen molar-refractivity contribution in [1.29, 1.82) is 0 Å². The number of hydrogen-bond donors (Lipinski definition) is 2. The summed E-state index contributed by atoms with van der Waals surface area (Å²) in [5.74, 6) is 0. The van der Waals surface area contributed by atoms with Crippen molar-refractivity contribution < 1.29 is 0 Å². The molecule has 2 heterocycles. The Labute approximate surface area is 168 Å². The van der Waals surface area contributed by atoms with Crippen LogP contribution in [0.25, 0.3) is 5.57 Å². The third-order valence-corrected chi connectivity index (χ3v) is 5.01. The lowest BCUT2D eigenvalue weighted by atomic mass is 9.86. The van der Waals surface area contributed by atoms with Crippen LogP contribution in [-0.4, -0.2) is 14.8 Å². The standard InChI is InChI=1S/C22H24ClN3O2/c1-14-13-24-26(21(14)28)12-11-17(19-10-9-18(23)20(27)25-19)15-5-7-16(8-6-15)22(2,3)4/h5-11,13,24H,12H2,1-4H3,(H,25,27)/b17-11+. The normalized spacial score (nSPS) is 12.4. The van der Waals surface area contributed by atoms with Gasteiger partial charge in [-0.05, 0) is 35.6 Å². The number of aromatic nitrogens is 3. The molecule has 2 N–H and O–H groups in total. The van der Waals surface area contributed by atoms with Gasteiger partial charge in [-0.1, -0.05) is 62.7 Å². The predicted molar refractivity (Wildman–Crippen MR) is 114 cm³/mol. The van der Waals surface area contributed by atoms with Crippen molar-refractivity contribution in [2.75, 3.05) is 0 Å². The molecule has 28 heavy (non-hydrogen) atoms. The van der Waals surface area contributed by atoms with Crippen LogP contribution in [0.3, 0.4) is 0 Å². The lowest BCUT2D eigenvalue weighted by Crippen LogP contribution is -2.17. The number of aryl methyl sites for hydroxylation is 1. The second-order valence-electron chi connectivity index (χ2n) is 7.87. The fourth-order valence-electron chi connectivity index (χ4n) is 2.97. The maximum absolute atomic E-state index is 12.1. The highest BCUT2D eigenvalue weighted by atomic mass is 35.5. The van der Waals surface area contributed by atoms with Gasteiger partial charge >= 0.3 is 0 Å². The fourth-order valence-corrected chi connectivity index (χ4v) is 3.08. The van der Waals surface area contributed by atoms with Crippen molar-refractivity contribution in [3.05, 3.63) is 96.8 Å². The van der Waals surface area contributed by atoms with Crippen molar-refractivity contribution in [3.8, 4) is 0 Å². The Morgan fingerprint density at radius 1 is 1.11 bits per heavy atom. The molecule has 3 rings (SSSR count). The van der Waals surface area contributed by atoms with Gasteiger partial charge in [0.05, 0.1) is 6.54 Å². The highest BCUT2D eigenvalue weighted by Crippen LogP contribution is 2.27. The topological polar surface area (TPSA) is 70.7 Å². The van der Waals surface area contributed by atoms with Crippen molar-refractivity contribution in [2.24, 2.45) is 0 Å². The van der Waals surface area contributed by atoms with Crippen LogP contribution in [0, 0.1) is 6.92 Å². The minimum absolute atomic E-state index is 0.0477. The molecule has 5 nitrogen and oxygen atoms in total. The number of pyridine rings is 1. The number of hydrogen-bond acceptors (Lipinski definition) is 2. The van der Waals surface area contributed by atoms with Gasteiger partial charge in [0.1, 0.15) is 5.02 Å². The molecule has 0 atom stereocenters. The minimum Gasteiger partial charge on any atom is -0.321 e. The summed E-state index contributed by atoms with van der Waals surface area (Å²) in [6, 6.07) is 11.6. The Morgan fingerprint density at radius 2 is 1.79 bits per heavy atom. The number of halogens is 1. The van der Waals surface area contributed by atoms with E-state index < -0.39 is 0 Å². The van der Waals surface area contributed by atoms with Crippen LogP contribution in [0.1, 0.15) is 43.2 Å². The second kappa shape index (κ2) is 7.68. The summed E-state index contributed by atoms with van der Waals surface area (Å²) >= 11 is 5.89. The van der Waals surface area contributed by atoms with Gasteiger partial charge in [-0.15, -0.1) is 0 Å². The maximum Gasteiger partial charge on any atom is 0.269 e. The average molecular weight is 398 g/mol. The molecule has 6 heteroatoms. The molecule has 0 aliphatic heterocycles. The summed E-state index contributed by atoms with van der Waals surface area (Å²) in [4.78, 5) is 27.0.